The van der Waals surface area contributed by atoms with Crippen LogP contribution in [0.4, 0.5) is 11.5 Å². The van der Waals surface area contributed by atoms with Crippen LogP contribution in [0, 0.1) is 5.92 Å². The summed E-state index contributed by atoms with van der Waals surface area (Å²) in [6.07, 6.45) is 5.35. The molecule has 3 aromatic heterocycles. The number of hydrogen-bond donors (Lipinski definition) is 1. The Morgan fingerprint density at radius 1 is 0.917 bits per heavy atom. The summed E-state index contributed by atoms with van der Waals surface area (Å²) in [5.74, 6) is 1.57. The van der Waals surface area contributed by atoms with Gasteiger partial charge in [0.2, 0.25) is 0 Å². The zero-order valence-corrected chi connectivity index (χ0v) is 20.5. The molecular weight excluding hydrogens is 452 g/mol. The first kappa shape index (κ1) is 23.3. The molecule has 0 atom stereocenters. The monoisotopic (exact) mass is 480 g/mol. The first-order chi connectivity index (χ1) is 17.4. The van der Waals surface area contributed by atoms with Gasteiger partial charge in [0.25, 0.3) is 5.56 Å². The lowest BCUT2D eigenvalue weighted by molar-refractivity contribution is 0.502. The molecule has 0 saturated carbocycles. The fourth-order valence-corrected chi connectivity index (χ4v) is 4.36. The Morgan fingerprint density at radius 3 is 2.28 bits per heavy atom. The van der Waals surface area contributed by atoms with Crippen LogP contribution in [0.25, 0.3) is 22.3 Å². The minimum absolute atomic E-state index is 0.241. The van der Waals surface area contributed by atoms with E-state index in [9.17, 15) is 9.59 Å². The van der Waals surface area contributed by atoms with Crippen LogP contribution < -0.4 is 16.6 Å². The van der Waals surface area contributed by atoms with Crippen molar-refractivity contribution in [1.82, 2.24) is 23.7 Å². The van der Waals surface area contributed by atoms with Gasteiger partial charge in [-0.05, 0) is 29.7 Å². The lowest BCUT2D eigenvalue weighted by Gasteiger charge is -2.13. The highest BCUT2D eigenvalue weighted by Gasteiger charge is 2.20. The Kier molecular flexibility index (Phi) is 6.25. The molecule has 5 rings (SSSR count). The molecule has 0 aliphatic heterocycles. The highest BCUT2D eigenvalue weighted by atomic mass is 16.2. The van der Waals surface area contributed by atoms with Gasteiger partial charge in [-0.2, -0.15) is 0 Å². The van der Waals surface area contributed by atoms with Crippen LogP contribution in [0.5, 0.6) is 0 Å². The van der Waals surface area contributed by atoms with E-state index in [4.69, 9.17) is 0 Å². The highest BCUT2D eigenvalue weighted by molar-refractivity contribution is 5.92. The van der Waals surface area contributed by atoms with Crippen molar-refractivity contribution < 1.29 is 0 Å². The lowest BCUT2D eigenvalue weighted by atomic mass is 10.1. The van der Waals surface area contributed by atoms with Crippen molar-refractivity contribution >= 4 is 22.4 Å². The molecule has 0 unspecified atom stereocenters. The Bertz CT molecular complexity index is 1620. The first-order valence-corrected chi connectivity index (χ1v) is 11.9. The summed E-state index contributed by atoms with van der Waals surface area (Å²) < 4.78 is 4.90. The molecule has 0 radical (unpaired) electrons. The second-order valence-corrected chi connectivity index (χ2v) is 9.28. The average molecular weight is 481 g/mol. The minimum atomic E-state index is -0.316. The molecule has 5 aromatic rings. The number of fused-ring (bicyclic) bond motifs is 1. The molecule has 0 saturated heterocycles. The maximum absolute atomic E-state index is 13.3. The van der Waals surface area contributed by atoms with E-state index in [2.05, 4.69) is 29.1 Å². The zero-order chi connectivity index (χ0) is 25.2. The molecule has 1 N–H and O–H groups in total. The van der Waals surface area contributed by atoms with Gasteiger partial charge >= 0.3 is 5.69 Å². The number of hydrogen-bond acceptors (Lipinski definition) is 5. The van der Waals surface area contributed by atoms with Gasteiger partial charge in [-0.25, -0.2) is 14.8 Å². The van der Waals surface area contributed by atoms with Crippen LogP contribution in [0.1, 0.15) is 19.4 Å². The fourth-order valence-electron chi connectivity index (χ4n) is 4.36. The maximum Gasteiger partial charge on any atom is 0.331 e. The van der Waals surface area contributed by atoms with E-state index < -0.39 is 0 Å². The molecule has 36 heavy (non-hydrogen) atoms. The van der Waals surface area contributed by atoms with E-state index >= 15 is 0 Å². The summed E-state index contributed by atoms with van der Waals surface area (Å²) in [6, 6.07) is 19.6. The van der Waals surface area contributed by atoms with Gasteiger partial charge in [-0.1, -0.05) is 56.3 Å². The number of para-hydroxylation sites is 1. The van der Waals surface area contributed by atoms with E-state index in [1.807, 2.05) is 65.4 Å². The van der Waals surface area contributed by atoms with Gasteiger partial charge < -0.3 is 9.88 Å². The molecule has 0 amide bonds. The van der Waals surface area contributed by atoms with Crippen LogP contribution in [-0.2, 0) is 20.1 Å². The number of rotatable bonds is 7. The summed E-state index contributed by atoms with van der Waals surface area (Å²) in [6.45, 7) is 5.14. The van der Waals surface area contributed by atoms with Crippen molar-refractivity contribution in [2.75, 3.05) is 5.32 Å². The molecule has 0 bridgehead atoms. The number of anilines is 2. The topological polar surface area (TPSA) is 86.7 Å². The smallest absolute Gasteiger partial charge is 0.331 e. The molecule has 0 fully saturated rings. The van der Waals surface area contributed by atoms with Gasteiger partial charge in [-0.3, -0.25) is 13.9 Å². The van der Waals surface area contributed by atoms with E-state index in [1.165, 1.54) is 11.6 Å². The minimum Gasteiger partial charge on any atom is -0.341 e. The van der Waals surface area contributed by atoms with Crippen molar-refractivity contribution in [1.29, 1.82) is 0 Å². The number of nitrogens with zero attached hydrogens (tertiary/aromatic N) is 5. The standard InChI is InChI=1S/C28H28N6O2/c1-19(2)16-34-23-18-33(17-20-10-12-21(13-11-20)25-29-14-7-15-30-25)26(31-22-8-5-4-6-9-22)24(23)27(35)32(3)28(34)36/h4-15,18-19,31H,16-17H2,1-3H3. The molecule has 8 nitrogen and oxygen atoms in total. The van der Waals surface area contributed by atoms with Crippen molar-refractivity contribution in [2.45, 2.75) is 26.9 Å². The molecule has 2 aromatic carbocycles. The van der Waals surface area contributed by atoms with Gasteiger partial charge in [0.15, 0.2) is 5.82 Å². The molecule has 0 aliphatic carbocycles. The largest absolute Gasteiger partial charge is 0.341 e. The summed E-state index contributed by atoms with van der Waals surface area (Å²) in [4.78, 5) is 35.0. The Hall–Kier alpha value is -4.46. The van der Waals surface area contributed by atoms with Crippen molar-refractivity contribution in [3.63, 3.8) is 0 Å². The fraction of sp³-hybridized carbons (Fsp3) is 0.214. The Labute approximate surface area is 208 Å². The Morgan fingerprint density at radius 2 is 1.61 bits per heavy atom. The van der Waals surface area contributed by atoms with Crippen molar-refractivity contribution in [3.8, 4) is 11.4 Å². The molecular formula is C28H28N6O2. The molecule has 182 valence electrons. The van der Waals surface area contributed by atoms with E-state index in [0.29, 0.717) is 35.6 Å². The van der Waals surface area contributed by atoms with E-state index in [1.54, 1.807) is 23.0 Å². The quantitative estimate of drug-likeness (QED) is 0.373. The van der Waals surface area contributed by atoms with Crippen molar-refractivity contribution in [3.05, 3.63) is 106 Å². The van der Waals surface area contributed by atoms with Gasteiger partial charge in [0, 0.05) is 50.0 Å². The molecule has 3 heterocycles. The van der Waals surface area contributed by atoms with Gasteiger partial charge in [-0.15, -0.1) is 0 Å². The number of benzene rings is 2. The molecule has 0 aliphatic rings. The van der Waals surface area contributed by atoms with E-state index in [-0.39, 0.29) is 17.2 Å². The Balaban J connectivity index is 1.64. The SMILES string of the molecule is CC(C)Cn1c(=O)n(C)c(=O)c2c(Nc3ccccc3)n(Cc3ccc(-c4ncccn4)cc3)cc21. The summed E-state index contributed by atoms with van der Waals surface area (Å²) in [5, 5.41) is 3.93. The highest BCUT2D eigenvalue weighted by Crippen LogP contribution is 2.28. The lowest BCUT2D eigenvalue weighted by Crippen LogP contribution is -2.38. The second kappa shape index (κ2) is 9.65. The van der Waals surface area contributed by atoms with Crippen molar-refractivity contribution in [2.24, 2.45) is 13.0 Å². The summed E-state index contributed by atoms with van der Waals surface area (Å²) in [5.41, 5.74) is 2.84. The first-order valence-electron chi connectivity index (χ1n) is 11.9. The number of nitrogens with one attached hydrogen (secondary N) is 1. The average Bonchev–Trinajstić information content (AvgIpc) is 3.24. The van der Waals surface area contributed by atoms with Gasteiger partial charge in [0.1, 0.15) is 11.2 Å². The van der Waals surface area contributed by atoms with Crippen LogP contribution in [0.3, 0.4) is 0 Å². The summed E-state index contributed by atoms with van der Waals surface area (Å²) in [7, 11) is 1.54. The van der Waals surface area contributed by atoms with Crippen LogP contribution in [0.15, 0.2) is 88.8 Å². The number of aromatic nitrogens is 5. The van der Waals surface area contributed by atoms with E-state index in [0.717, 1.165) is 16.8 Å². The van der Waals surface area contributed by atoms with Crippen LogP contribution in [-0.4, -0.2) is 23.7 Å². The third-order valence-corrected chi connectivity index (χ3v) is 6.10. The zero-order valence-electron chi connectivity index (χ0n) is 20.5. The third kappa shape index (κ3) is 4.45. The van der Waals surface area contributed by atoms with Gasteiger partial charge in [0.05, 0.1) is 5.52 Å². The second-order valence-electron chi connectivity index (χ2n) is 9.28. The van der Waals surface area contributed by atoms with Crippen LogP contribution in [0.2, 0.25) is 0 Å². The van der Waals surface area contributed by atoms with Crippen LogP contribution >= 0.6 is 0 Å². The molecule has 0 spiro atoms. The normalized spacial score (nSPS) is 11.3. The summed E-state index contributed by atoms with van der Waals surface area (Å²) >= 11 is 0. The maximum atomic E-state index is 13.3. The molecule has 8 heteroatoms. The predicted molar refractivity (Wildman–Crippen MR) is 143 cm³/mol. The third-order valence-electron chi connectivity index (χ3n) is 6.10. The predicted octanol–water partition coefficient (Wildman–Crippen LogP) is 4.41.